The molecule has 2 atom stereocenters. The summed E-state index contributed by atoms with van der Waals surface area (Å²) in [4.78, 5) is 2.62. The first kappa shape index (κ1) is 26.2. The summed E-state index contributed by atoms with van der Waals surface area (Å²) in [5.41, 5.74) is 13.5. The van der Waals surface area contributed by atoms with E-state index in [-0.39, 0.29) is 11.5 Å². The Morgan fingerprint density at radius 3 is 2.48 bits per heavy atom. The molecular weight excluding hydrogens is 562 g/mol. The number of hydrogen-bond acceptors (Lipinski definition) is 2. The molecule has 4 aliphatic heterocycles. The van der Waals surface area contributed by atoms with Crippen LogP contribution in [-0.4, -0.2) is 9.47 Å². The maximum Gasteiger partial charge on any atom is 0.289 e. The van der Waals surface area contributed by atoms with Crippen LogP contribution in [0.15, 0.2) is 109 Å². The van der Waals surface area contributed by atoms with E-state index < -0.39 is 5.66 Å². The zero-order valence-corrected chi connectivity index (χ0v) is 27.1. The van der Waals surface area contributed by atoms with E-state index in [4.69, 9.17) is 4.74 Å². The molecule has 4 aliphatic rings. The minimum atomic E-state index is -0.608. The lowest BCUT2D eigenvalue weighted by atomic mass is 9.84. The van der Waals surface area contributed by atoms with E-state index in [1.165, 1.54) is 71.9 Å². The highest BCUT2D eigenvalue weighted by Gasteiger charge is 2.64. The molecule has 0 bridgehead atoms. The maximum atomic E-state index is 6.90. The number of fused-ring (bicyclic) bond motifs is 7. The summed E-state index contributed by atoms with van der Waals surface area (Å²) >= 11 is 0. The third-order valence-electron chi connectivity index (χ3n) is 10.9. The van der Waals surface area contributed by atoms with Crippen LogP contribution in [0.2, 0.25) is 0 Å². The van der Waals surface area contributed by atoms with Crippen LogP contribution >= 0.6 is 0 Å². The monoisotopic (exact) mass is 598 g/mol. The molecule has 1 spiro atoms. The highest BCUT2D eigenvalue weighted by Crippen LogP contribution is 2.62. The van der Waals surface area contributed by atoms with Gasteiger partial charge in [0.2, 0.25) is 5.66 Å². The SMILES string of the molecule is CC1=CN2C(C=C1c1ccc(C)cc1C)c1cccc3c1C21c2c(ccc4c5cc(C(C)(C)C)ccc5n(c24)-c2cccc[n+]21)O3. The van der Waals surface area contributed by atoms with Crippen LogP contribution in [0.5, 0.6) is 11.5 Å². The molecule has 2 aromatic heterocycles. The standard InChI is InChI=1S/C42H36N3O/c1-24-13-15-28(25(2)20-24)31-22-34-30-10-9-11-35-38(30)42(44(34)23-26(31)3)39-36(46-35)18-16-29-32-21-27(41(4,5)6)14-17-33(32)45(40(29)39)37-12-7-8-19-43(37)42/h7-23,34H,1-6H3/q+1. The molecule has 4 aromatic carbocycles. The summed E-state index contributed by atoms with van der Waals surface area (Å²) in [6.45, 7) is 13.6. The number of allylic oxidation sites excluding steroid dienone is 2. The van der Waals surface area contributed by atoms with Gasteiger partial charge >= 0.3 is 0 Å². The molecule has 0 saturated heterocycles. The Bertz CT molecular complexity index is 2430. The lowest BCUT2D eigenvalue weighted by Gasteiger charge is -2.45. The second kappa shape index (κ2) is 8.38. The maximum absolute atomic E-state index is 6.90. The van der Waals surface area contributed by atoms with Crippen LogP contribution in [0.25, 0.3) is 33.2 Å². The van der Waals surface area contributed by atoms with E-state index in [0.717, 1.165) is 17.3 Å². The Morgan fingerprint density at radius 2 is 1.65 bits per heavy atom. The van der Waals surface area contributed by atoms with E-state index >= 15 is 0 Å². The van der Waals surface area contributed by atoms with Crippen LogP contribution in [0.1, 0.15) is 72.7 Å². The summed E-state index contributed by atoms with van der Waals surface area (Å²) < 4.78 is 11.9. The van der Waals surface area contributed by atoms with Gasteiger partial charge in [0.1, 0.15) is 22.6 Å². The van der Waals surface area contributed by atoms with Crippen molar-refractivity contribution in [1.82, 2.24) is 9.47 Å². The van der Waals surface area contributed by atoms with Crippen LogP contribution < -0.4 is 9.30 Å². The number of benzene rings is 4. The van der Waals surface area contributed by atoms with Crippen molar-refractivity contribution in [1.29, 1.82) is 0 Å². The number of nitrogens with zero attached hydrogens (tertiary/aromatic N) is 3. The topological polar surface area (TPSA) is 21.3 Å². The molecule has 10 rings (SSSR count). The molecule has 6 heterocycles. The quantitative estimate of drug-likeness (QED) is 0.176. The number of aromatic nitrogens is 2. The molecule has 0 amide bonds. The minimum absolute atomic E-state index is 0.0446. The molecule has 4 heteroatoms. The molecular formula is C42H36N3O+. The van der Waals surface area contributed by atoms with Gasteiger partial charge in [0, 0.05) is 23.0 Å². The Morgan fingerprint density at radius 1 is 0.804 bits per heavy atom. The third kappa shape index (κ3) is 2.98. The van der Waals surface area contributed by atoms with Crippen molar-refractivity contribution in [2.24, 2.45) is 0 Å². The molecule has 46 heavy (non-hydrogen) atoms. The summed E-state index contributed by atoms with van der Waals surface area (Å²) in [6, 6.07) is 31.7. The molecule has 0 N–H and O–H groups in total. The fraction of sp³-hybridized carbons (Fsp3) is 0.214. The molecule has 4 nitrogen and oxygen atoms in total. The normalized spacial score (nSPS) is 20.2. The van der Waals surface area contributed by atoms with Crippen LogP contribution in [-0.2, 0) is 11.1 Å². The number of aryl methyl sites for hydroxylation is 2. The summed E-state index contributed by atoms with van der Waals surface area (Å²) in [5, 5.41) is 2.56. The van der Waals surface area contributed by atoms with E-state index in [1.54, 1.807) is 0 Å². The Kier molecular flexibility index (Phi) is 4.77. The fourth-order valence-electron chi connectivity index (χ4n) is 8.91. The highest BCUT2D eigenvalue weighted by molar-refractivity contribution is 6.12. The van der Waals surface area contributed by atoms with Crippen molar-refractivity contribution in [3.05, 3.63) is 148 Å². The van der Waals surface area contributed by atoms with Gasteiger partial charge in [0.15, 0.2) is 5.52 Å². The Balaban J connectivity index is 1.34. The first-order valence-corrected chi connectivity index (χ1v) is 16.4. The van der Waals surface area contributed by atoms with Gasteiger partial charge in [-0.3, -0.25) is 0 Å². The smallest absolute Gasteiger partial charge is 0.289 e. The third-order valence-corrected chi connectivity index (χ3v) is 10.9. The molecule has 0 saturated carbocycles. The lowest BCUT2D eigenvalue weighted by molar-refractivity contribution is -0.759. The van der Waals surface area contributed by atoms with E-state index in [1.807, 2.05) is 0 Å². The average Bonchev–Trinajstić information content (AvgIpc) is 3.52. The summed E-state index contributed by atoms with van der Waals surface area (Å²) in [5.74, 6) is 3.03. The van der Waals surface area contributed by atoms with Gasteiger partial charge in [-0.25, -0.2) is 4.57 Å². The second-order valence-corrected chi connectivity index (χ2v) is 14.6. The predicted molar refractivity (Wildman–Crippen MR) is 185 cm³/mol. The number of rotatable bonds is 1. The zero-order chi connectivity index (χ0) is 31.3. The Labute approximate surface area is 269 Å². The van der Waals surface area contributed by atoms with Gasteiger partial charge in [-0.15, -0.1) is 0 Å². The van der Waals surface area contributed by atoms with Crippen molar-refractivity contribution in [2.45, 2.75) is 58.7 Å². The van der Waals surface area contributed by atoms with Gasteiger partial charge in [-0.05, 0) is 102 Å². The largest absolute Gasteiger partial charge is 0.456 e. The second-order valence-electron chi connectivity index (χ2n) is 14.6. The Hall–Kier alpha value is -5.09. The van der Waals surface area contributed by atoms with Crippen molar-refractivity contribution < 1.29 is 9.30 Å². The number of pyridine rings is 1. The molecule has 6 aromatic rings. The summed E-state index contributed by atoms with van der Waals surface area (Å²) in [6.07, 6.45) is 7.20. The van der Waals surface area contributed by atoms with Crippen molar-refractivity contribution in [3.63, 3.8) is 0 Å². The minimum Gasteiger partial charge on any atom is -0.456 e. The first-order valence-electron chi connectivity index (χ1n) is 16.4. The van der Waals surface area contributed by atoms with E-state index in [2.05, 4.69) is 159 Å². The molecule has 0 aliphatic carbocycles. The van der Waals surface area contributed by atoms with E-state index in [0.29, 0.717) is 0 Å². The van der Waals surface area contributed by atoms with Crippen molar-refractivity contribution in [3.8, 4) is 17.3 Å². The predicted octanol–water partition coefficient (Wildman–Crippen LogP) is 9.51. The summed E-state index contributed by atoms with van der Waals surface area (Å²) in [7, 11) is 0. The van der Waals surface area contributed by atoms with Gasteiger partial charge in [0.25, 0.3) is 5.82 Å². The molecule has 2 unspecified atom stereocenters. The van der Waals surface area contributed by atoms with E-state index in [9.17, 15) is 0 Å². The van der Waals surface area contributed by atoms with Crippen molar-refractivity contribution >= 4 is 27.4 Å². The number of ether oxygens (including phenoxy) is 1. The fourth-order valence-corrected chi connectivity index (χ4v) is 8.91. The highest BCUT2D eigenvalue weighted by atomic mass is 16.5. The van der Waals surface area contributed by atoms with Gasteiger partial charge in [-0.1, -0.05) is 68.8 Å². The lowest BCUT2D eigenvalue weighted by Crippen LogP contribution is -2.67. The zero-order valence-electron chi connectivity index (χ0n) is 27.1. The molecule has 224 valence electrons. The van der Waals surface area contributed by atoms with Crippen LogP contribution in [0.3, 0.4) is 0 Å². The van der Waals surface area contributed by atoms with Gasteiger partial charge in [-0.2, -0.15) is 4.57 Å². The van der Waals surface area contributed by atoms with Crippen molar-refractivity contribution in [2.75, 3.05) is 0 Å². The van der Waals surface area contributed by atoms with Crippen LogP contribution in [0, 0.1) is 13.8 Å². The first-order chi connectivity index (χ1) is 22.2. The van der Waals surface area contributed by atoms with Crippen LogP contribution in [0.4, 0.5) is 0 Å². The molecule has 0 radical (unpaired) electrons. The molecule has 0 fully saturated rings. The van der Waals surface area contributed by atoms with Gasteiger partial charge in [0.05, 0.1) is 17.8 Å². The van der Waals surface area contributed by atoms with Gasteiger partial charge < -0.3 is 9.64 Å². The number of hydrogen-bond donors (Lipinski definition) is 0. The average molecular weight is 599 g/mol.